The molecule has 3 aromatic carbocycles. The Labute approximate surface area is 179 Å². The summed E-state index contributed by atoms with van der Waals surface area (Å²) in [5, 5.41) is 13.5. The summed E-state index contributed by atoms with van der Waals surface area (Å²) in [4.78, 5) is 25.0. The van der Waals surface area contributed by atoms with Crippen molar-refractivity contribution < 1.29 is 9.59 Å². The van der Waals surface area contributed by atoms with Crippen LogP contribution in [-0.2, 0) is 6.54 Å². The Bertz CT molecular complexity index is 1200. The summed E-state index contributed by atoms with van der Waals surface area (Å²) in [6.07, 6.45) is 3.31. The second-order valence-electron chi connectivity index (χ2n) is 7.10. The molecule has 1 heterocycles. The molecule has 2 N–H and O–H groups in total. The van der Waals surface area contributed by atoms with Crippen molar-refractivity contribution in [3.8, 4) is 5.69 Å². The Kier molecular flexibility index (Phi) is 5.84. The van der Waals surface area contributed by atoms with Crippen LogP contribution in [0.3, 0.4) is 0 Å². The lowest BCUT2D eigenvalue weighted by molar-refractivity contribution is 0.0949. The average Bonchev–Trinajstić information content (AvgIpc) is 3.33. The van der Waals surface area contributed by atoms with Gasteiger partial charge in [0.15, 0.2) is 0 Å². The molecule has 0 fully saturated rings. The quantitative estimate of drug-likeness (QED) is 0.506. The van der Waals surface area contributed by atoms with Crippen LogP contribution in [0.4, 0.5) is 5.69 Å². The summed E-state index contributed by atoms with van der Waals surface area (Å²) in [5.41, 5.74) is 4.57. The monoisotopic (exact) mass is 411 g/mol. The summed E-state index contributed by atoms with van der Waals surface area (Å²) in [7, 11) is 0. The van der Waals surface area contributed by atoms with Gasteiger partial charge < -0.3 is 10.6 Å². The van der Waals surface area contributed by atoms with E-state index in [1.54, 1.807) is 53.5 Å². The molecule has 0 radical (unpaired) electrons. The molecule has 2 amide bonds. The summed E-state index contributed by atoms with van der Waals surface area (Å²) in [6, 6.07) is 21.8. The average molecular weight is 411 g/mol. The SMILES string of the molecule is Cc1cccc(CNC(=O)c2ccc(C(=O)Nc3cccc(-n4ccnn4)c3)cc2)c1. The maximum absolute atomic E-state index is 12.6. The van der Waals surface area contributed by atoms with Crippen LogP contribution in [0, 0.1) is 6.92 Å². The van der Waals surface area contributed by atoms with Crippen molar-refractivity contribution in [3.63, 3.8) is 0 Å². The van der Waals surface area contributed by atoms with Gasteiger partial charge in [0.25, 0.3) is 11.8 Å². The van der Waals surface area contributed by atoms with Gasteiger partial charge in [-0.1, -0.05) is 41.1 Å². The van der Waals surface area contributed by atoms with E-state index in [0.717, 1.165) is 16.8 Å². The molecule has 7 nitrogen and oxygen atoms in total. The van der Waals surface area contributed by atoms with Gasteiger partial charge >= 0.3 is 0 Å². The zero-order valence-electron chi connectivity index (χ0n) is 16.9. The molecule has 0 atom stereocenters. The molecule has 31 heavy (non-hydrogen) atoms. The molecule has 7 heteroatoms. The van der Waals surface area contributed by atoms with E-state index in [1.165, 1.54) is 0 Å². The Hall–Kier alpha value is -4.26. The van der Waals surface area contributed by atoms with Crippen LogP contribution in [0.1, 0.15) is 31.8 Å². The van der Waals surface area contributed by atoms with E-state index in [0.29, 0.717) is 23.4 Å². The Morgan fingerprint density at radius 2 is 1.65 bits per heavy atom. The molecule has 4 rings (SSSR count). The number of aromatic nitrogens is 3. The van der Waals surface area contributed by atoms with E-state index in [4.69, 9.17) is 0 Å². The van der Waals surface area contributed by atoms with Gasteiger partial charge in [-0.05, 0) is 55.0 Å². The van der Waals surface area contributed by atoms with E-state index in [1.807, 2.05) is 43.3 Å². The maximum Gasteiger partial charge on any atom is 0.255 e. The van der Waals surface area contributed by atoms with Gasteiger partial charge in [0.1, 0.15) is 0 Å². The molecule has 1 aromatic heterocycles. The summed E-state index contributed by atoms with van der Waals surface area (Å²) >= 11 is 0. The minimum atomic E-state index is -0.262. The fourth-order valence-electron chi connectivity index (χ4n) is 3.15. The number of aryl methyl sites for hydroxylation is 1. The van der Waals surface area contributed by atoms with E-state index >= 15 is 0 Å². The lowest BCUT2D eigenvalue weighted by atomic mass is 10.1. The molecule has 0 aliphatic rings. The Morgan fingerprint density at radius 1 is 0.903 bits per heavy atom. The lowest BCUT2D eigenvalue weighted by Gasteiger charge is -2.09. The molecule has 0 aliphatic carbocycles. The number of carbonyl (C=O) groups is 2. The van der Waals surface area contributed by atoms with Crippen molar-refractivity contribution in [2.24, 2.45) is 0 Å². The first-order valence-corrected chi connectivity index (χ1v) is 9.80. The van der Waals surface area contributed by atoms with Gasteiger partial charge in [0, 0.05) is 23.4 Å². The van der Waals surface area contributed by atoms with Crippen LogP contribution in [0.5, 0.6) is 0 Å². The fourth-order valence-corrected chi connectivity index (χ4v) is 3.15. The molecule has 0 bridgehead atoms. The first-order chi connectivity index (χ1) is 15.1. The topological polar surface area (TPSA) is 88.9 Å². The van der Waals surface area contributed by atoms with Crippen LogP contribution in [0.15, 0.2) is 85.2 Å². The second kappa shape index (κ2) is 9.04. The highest BCUT2D eigenvalue weighted by molar-refractivity contribution is 6.05. The number of anilines is 1. The van der Waals surface area contributed by atoms with E-state index in [9.17, 15) is 9.59 Å². The number of hydrogen-bond acceptors (Lipinski definition) is 4. The van der Waals surface area contributed by atoms with Crippen molar-refractivity contribution in [2.45, 2.75) is 13.5 Å². The third-order valence-corrected chi connectivity index (χ3v) is 4.74. The van der Waals surface area contributed by atoms with Crippen molar-refractivity contribution in [2.75, 3.05) is 5.32 Å². The zero-order valence-corrected chi connectivity index (χ0v) is 16.9. The highest BCUT2D eigenvalue weighted by Gasteiger charge is 2.10. The Balaban J connectivity index is 1.38. The number of hydrogen-bond donors (Lipinski definition) is 2. The number of rotatable bonds is 6. The number of amides is 2. The van der Waals surface area contributed by atoms with Crippen molar-refractivity contribution in [3.05, 3.63) is 107 Å². The summed E-state index contributed by atoms with van der Waals surface area (Å²) in [5.74, 6) is -0.448. The van der Waals surface area contributed by atoms with Gasteiger partial charge in [0.05, 0.1) is 18.1 Å². The normalized spacial score (nSPS) is 10.5. The van der Waals surface area contributed by atoms with Gasteiger partial charge in [-0.25, -0.2) is 4.68 Å². The van der Waals surface area contributed by atoms with Crippen LogP contribution >= 0.6 is 0 Å². The summed E-state index contributed by atoms with van der Waals surface area (Å²) < 4.78 is 1.61. The molecule has 0 saturated heterocycles. The van der Waals surface area contributed by atoms with Crippen molar-refractivity contribution >= 4 is 17.5 Å². The number of benzene rings is 3. The van der Waals surface area contributed by atoms with E-state index < -0.39 is 0 Å². The second-order valence-corrected chi connectivity index (χ2v) is 7.10. The van der Waals surface area contributed by atoms with E-state index in [-0.39, 0.29) is 11.8 Å². The van der Waals surface area contributed by atoms with Crippen LogP contribution in [0.25, 0.3) is 5.69 Å². The largest absolute Gasteiger partial charge is 0.348 e. The predicted octanol–water partition coefficient (Wildman–Crippen LogP) is 3.76. The third-order valence-electron chi connectivity index (χ3n) is 4.74. The fraction of sp³-hybridized carbons (Fsp3) is 0.0833. The molecule has 0 saturated carbocycles. The predicted molar refractivity (Wildman–Crippen MR) is 118 cm³/mol. The smallest absolute Gasteiger partial charge is 0.255 e. The van der Waals surface area contributed by atoms with Crippen LogP contribution < -0.4 is 10.6 Å². The highest BCUT2D eigenvalue weighted by Crippen LogP contribution is 2.15. The number of nitrogens with zero attached hydrogens (tertiary/aromatic N) is 3. The van der Waals surface area contributed by atoms with Gasteiger partial charge in [-0.3, -0.25) is 9.59 Å². The third kappa shape index (κ3) is 5.02. The van der Waals surface area contributed by atoms with Gasteiger partial charge in [0.2, 0.25) is 0 Å². The standard InChI is InChI=1S/C24H21N5O2/c1-17-4-2-5-18(14-17)16-25-23(30)19-8-10-20(11-9-19)24(31)27-21-6-3-7-22(15-21)29-13-12-26-28-29/h2-15H,16H2,1H3,(H,25,30)(H,27,31). The number of carbonyl (C=O) groups excluding carboxylic acids is 2. The summed E-state index contributed by atoms with van der Waals surface area (Å²) in [6.45, 7) is 2.46. The van der Waals surface area contributed by atoms with Gasteiger partial charge in [-0.15, -0.1) is 5.10 Å². The van der Waals surface area contributed by atoms with Crippen LogP contribution in [-0.4, -0.2) is 26.8 Å². The molecule has 0 aliphatic heterocycles. The molecular formula is C24H21N5O2. The lowest BCUT2D eigenvalue weighted by Crippen LogP contribution is -2.23. The first kappa shape index (κ1) is 20.0. The van der Waals surface area contributed by atoms with Gasteiger partial charge in [-0.2, -0.15) is 0 Å². The highest BCUT2D eigenvalue weighted by atomic mass is 16.2. The molecule has 4 aromatic rings. The van der Waals surface area contributed by atoms with Crippen LogP contribution in [0.2, 0.25) is 0 Å². The van der Waals surface area contributed by atoms with Crippen molar-refractivity contribution in [1.29, 1.82) is 0 Å². The zero-order chi connectivity index (χ0) is 21.6. The first-order valence-electron chi connectivity index (χ1n) is 9.80. The van der Waals surface area contributed by atoms with E-state index in [2.05, 4.69) is 20.9 Å². The molecule has 0 spiro atoms. The maximum atomic E-state index is 12.6. The minimum Gasteiger partial charge on any atom is -0.348 e. The molecule has 154 valence electrons. The Morgan fingerprint density at radius 3 is 2.35 bits per heavy atom. The molecular weight excluding hydrogens is 390 g/mol. The molecule has 0 unspecified atom stereocenters. The minimum absolute atomic E-state index is 0.186. The number of nitrogens with one attached hydrogen (secondary N) is 2. The van der Waals surface area contributed by atoms with Crippen molar-refractivity contribution in [1.82, 2.24) is 20.3 Å².